The quantitative estimate of drug-likeness (QED) is 0.500. The fourth-order valence-corrected chi connectivity index (χ4v) is 4.50. The number of nitrogens with zero attached hydrogens (tertiary/aromatic N) is 3. The molecule has 3 rings (SSSR count). The van der Waals surface area contributed by atoms with Crippen molar-refractivity contribution in [3.05, 3.63) is 64.7 Å². The fourth-order valence-electron chi connectivity index (χ4n) is 4.50. The third-order valence-electron chi connectivity index (χ3n) is 6.69. The average Bonchev–Trinajstić information content (AvgIpc) is 2.87. The lowest BCUT2D eigenvalue weighted by Crippen LogP contribution is -2.43. The number of likely N-dealkylation sites (N-methyl/N-ethyl adjacent to an activating group) is 1. The van der Waals surface area contributed by atoms with E-state index in [0.29, 0.717) is 19.5 Å². The van der Waals surface area contributed by atoms with Gasteiger partial charge >= 0.3 is 12.3 Å². The third kappa shape index (κ3) is 7.64. The van der Waals surface area contributed by atoms with Crippen LogP contribution in [0.4, 0.5) is 23.7 Å². The normalized spacial score (nSPS) is 13.5. The third-order valence-corrected chi connectivity index (χ3v) is 6.69. The van der Waals surface area contributed by atoms with Gasteiger partial charge in [0.1, 0.15) is 0 Å². The predicted molar refractivity (Wildman–Crippen MR) is 141 cm³/mol. The number of hydrogen-bond donors (Lipinski definition) is 2. The highest BCUT2D eigenvalue weighted by molar-refractivity contribution is 5.83. The molecule has 2 N–H and O–H groups in total. The van der Waals surface area contributed by atoms with Gasteiger partial charge in [0, 0.05) is 50.9 Å². The summed E-state index contributed by atoms with van der Waals surface area (Å²) >= 11 is 0. The number of carbonyl (C=O) groups is 3. The van der Waals surface area contributed by atoms with E-state index in [1.54, 1.807) is 0 Å². The zero-order valence-electron chi connectivity index (χ0n) is 22.6. The number of fused-ring (bicyclic) bond motifs is 1. The number of rotatable bonds is 8. The molecule has 3 amide bonds. The molecular weight excluding hydrogens is 513 g/mol. The van der Waals surface area contributed by atoms with E-state index in [4.69, 9.17) is 0 Å². The zero-order valence-corrected chi connectivity index (χ0v) is 22.6. The molecule has 0 unspecified atom stereocenters. The molecule has 0 spiro atoms. The van der Waals surface area contributed by atoms with Crippen molar-refractivity contribution in [3.63, 3.8) is 0 Å². The molecule has 8 nitrogen and oxygen atoms in total. The smallest absolute Gasteiger partial charge is 0.416 e. The molecule has 0 aliphatic carbocycles. The number of halogens is 3. The largest absolute Gasteiger partial charge is 0.465 e. The highest BCUT2D eigenvalue weighted by Gasteiger charge is 2.34. The molecule has 0 atom stereocenters. The highest BCUT2D eigenvalue weighted by Crippen LogP contribution is 2.33. The summed E-state index contributed by atoms with van der Waals surface area (Å²) in [5, 5.41) is 12.3. The number of alkyl halides is 3. The summed E-state index contributed by atoms with van der Waals surface area (Å²) in [5.41, 5.74) is 1.27. The predicted octanol–water partition coefficient (Wildman–Crippen LogP) is 4.69. The Hall–Kier alpha value is -3.76. The molecular formula is C28H35F3N4O4. The minimum atomic E-state index is -4.59. The van der Waals surface area contributed by atoms with Crippen LogP contribution in [0, 0.1) is 5.41 Å². The number of carbonyl (C=O) groups excluding carboxylic acids is 2. The molecule has 212 valence electrons. The van der Waals surface area contributed by atoms with Crippen LogP contribution in [0.2, 0.25) is 0 Å². The van der Waals surface area contributed by atoms with Crippen LogP contribution in [0.3, 0.4) is 0 Å². The van der Waals surface area contributed by atoms with Gasteiger partial charge in [0.2, 0.25) is 11.8 Å². The van der Waals surface area contributed by atoms with E-state index in [9.17, 15) is 32.7 Å². The number of nitrogens with one attached hydrogen (secondary N) is 1. The molecule has 1 aliphatic rings. The van der Waals surface area contributed by atoms with E-state index in [1.807, 2.05) is 43.9 Å². The Morgan fingerprint density at radius 2 is 1.72 bits per heavy atom. The second-order valence-electron chi connectivity index (χ2n) is 10.7. The van der Waals surface area contributed by atoms with Crippen molar-refractivity contribution in [1.82, 2.24) is 14.7 Å². The number of anilines is 1. The molecule has 0 fully saturated rings. The van der Waals surface area contributed by atoms with Crippen molar-refractivity contribution in [2.45, 2.75) is 46.5 Å². The van der Waals surface area contributed by atoms with Gasteiger partial charge in [-0.05, 0) is 35.2 Å². The Morgan fingerprint density at radius 3 is 2.36 bits per heavy atom. The summed E-state index contributed by atoms with van der Waals surface area (Å²) < 4.78 is 40.7. The molecule has 0 saturated heterocycles. The van der Waals surface area contributed by atoms with Crippen molar-refractivity contribution in [3.8, 4) is 0 Å². The van der Waals surface area contributed by atoms with Gasteiger partial charge in [-0.25, -0.2) is 4.79 Å². The van der Waals surface area contributed by atoms with E-state index in [-0.39, 0.29) is 37.6 Å². The van der Waals surface area contributed by atoms with E-state index in [2.05, 4.69) is 5.32 Å². The second kappa shape index (κ2) is 12.0. The van der Waals surface area contributed by atoms with Crippen molar-refractivity contribution < 1.29 is 32.7 Å². The van der Waals surface area contributed by atoms with E-state index in [0.717, 1.165) is 27.8 Å². The monoisotopic (exact) mass is 548 g/mol. The molecule has 1 aliphatic heterocycles. The average molecular weight is 549 g/mol. The van der Waals surface area contributed by atoms with Crippen molar-refractivity contribution >= 4 is 23.6 Å². The van der Waals surface area contributed by atoms with Crippen LogP contribution in [0.5, 0.6) is 0 Å². The van der Waals surface area contributed by atoms with Gasteiger partial charge in [-0.15, -0.1) is 0 Å². The number of carboxylic acid groups (broad SMARTS) is 1. The first-order valence-corrected chi connectivity index (χ1v) is 12.7. The summed E-state index contributed by atoms with van der Waals surface area (Å²) in [6.07, 6.45) is -5.20. The first-order valence-electron chi connectivity index (χ1n) is 12.7. The number of hydrogen-bond acceptors (Lipinski definition) is 4. The molecule has 0 radical (unpaired) electrons. The summed E-state index contributed by atoms with van der Waals surface area (Å²) in [6.45, 7) is 5.98. The number of amides is 3. The lowest BCUT2D eigenvalue weighted by molar-refractivity contribution is -0.140. The van der Waals surface area contributed by atoms with Gasteiger partial charge in [-0.1, -0.05) is 51.1 Å². The Bertz CT molecular complexity index is 1210. The van der Waals surface area contributed by atoms with Gasteiger partial charge in [-0.2, -0.15) is 13.2 Å². The maximum Gasteiger partial charge on any atom is 0.416 e. The van der Waals surface area contributed by atoms with Crippen molar-refractivity contribution in [2.75, 3.05) is 38.5 Å². The van der Waals surface area contributed by atoms with E-state index >= 15 is 0 Å². The molecule has 39 heavy (non-hydrogen) atoms. The summed E-state index contributed by atoms with van der Waals surface area (Å²) in [6, 6.07) is 10.6. The van der Waals surface area contributed by atoms with E-state index in [1.165, 1.54) is 30.1 Å². The zero-order chi connectivity index (χ0) is 29.0. The lowest BCUT2D eigenvalue weighted by atomic mass is 9.91. The van der Waals surface area contributed by atoms with Crippen LogP contribution in [-0.2, 0) is 35.3 Å². The Balaban J connectivity index is 1.76. The van der Waals surface area contributed by atoms with Crippen molar-refractivity contribution in [2.24, 2.45) is 5.41 Å². The van der Waals surface area contributed by atoms with Crippen LogP contribution < -0.4 is 5.32 Å². The van der Waals surface area contributed by atoms with Crippen LogP contribution in [-0.4, -0.2) is 70.9 Å². The maximum absolute atomic E-state index is 13.6. The van der Waals surface area contributed by atoms with Crippen LogP contribution in [0.15, 0.2) is 42.5 Å². The first kappa shape index (κ1) is 29.8. The van der Waals surface area contributed by atoms with Gasteiger partial charge < -0.3 is 25.1 Å². The molecule has 0 aromatic heterocycles. The minimum Gasteiger partial charge on any atom is -0.465 e. The van der Waals surface area contributed by atoms with Crippen molar-refractivity contribution in [1.29, 1.82) is 0 Å². The minimum absolute atomic E-state index is 0.0581. The summed E-state index contributed by atoms with van der Waals surface area (Å²) in [4.78, 5) is 41.2. The first-order chi connectivity index (χ1) is 18.2. The molecule has 11 heteroatoms. The lowest BCUT2D eigenvalue weighted by Gasteiger charge is -2.34. The Morgan fingerprint density at radius 1 is 1.03 bits per heavy atom. The van der Waals surface area contributed by atoms with Gasteiger partial charge in [0.05, 0.1) is 12.1 Å². The maximum atomic E-state index is 13.6. The van der Waals surface area contributed by atoms with Gasteiger partial charge in [0.15, 0.2) is 0 Å². The second-order valence-corrected chi connectivity index (χ2v) is 10.7. The highest BCUT2D eigenvalue weighted by atomic mass is 19.4. The van der Waals surface area contributed by atoms with Crippen LogP contribution in [0.1, 0.15) is 43.0 Å². The Kier molecular flexibility index (Phi) is 9.14. The Labute approximate surface area is 226 Å². The van der Waals surface area contributed by atoms with Gasteiger partial charge in [0.25, 0.3) is 0 Å². The molecule has 0 saturated carbocycles. The standard InChI is InChI=1S/C28H35F3N4O4/c1-27(2,3)25(37)35-13-12-21-19(17-35)9-7-11-23(21)32-16-24(36)34(15-14-33(4)26(38)39)18-20-8-5-6-10-22(20)28(29,30)31/h5-11,32H,12-18H2,1-4H3,(H,38,39). The van der Waals surface area contributed by atoms with E-state index < -0.39 is 29.2 Å². The van der Waals surface area contributed by atoms with Crippen LogP contribution in [0.25, 0.3) is 0 Å². The molecule has 2 aromatic carbocycles. The molecule has 2 aromatic rings. The number of benzene rings is 2. The molecule has 0 bridgehead atoms. The fraction of sp³-hybridized carbons (Fsp3) is 0.464. The molecule has 1 heterocycles. The summed E-state index contributed by atoms with van der Waals surface area (Å²) in [7, 11) is 1.33. The summed E-state index contributed by atoms with van der Waals surface area (Å²) in [5.74, 6) is -0.411. The topological polar surface area (TPSA) is 93.2 Å². The SMILES string of the molecule is CN(CCN(Cc1ccccc1C(F)(F)F)C(=O)CNc1cccc2c1CCN(C(=O)C(C)(C)C)C2)C(=O)O. The van der Waals surface area contributed by atoms with Gasteiger partial charge in [-0.3, -0.25) is 9.59 Å². The van der Waals surface area contributed by atoms with Crippen LogP contribution >= 0.6 is 0 Å².